The molecule has 3 fully saturated rings. The molecule has 0 N–H and O–H groups in total. The van der Waals surface area contributed by atoms with Gasteiger partial charge in [-0.3, -0.25) is 4.79 Å². The molecule has 0 spiro atoms. The van der Waals surface area contributed by atoms with Crippen LogP contribution in [0.2, 0.25) is 0 Å². The number of esters is 1. The fraction of sp³-hybridized carbons (Fsp3) is 0.828. The first-order chi connectivity index (χ1) is 14.6. The Hall–Kier alpha value is -1.05. The Bertz CT molecular complexity index is 759. The molecule has 0 heterocycles. The lowest BCUT2D eigenvalue weighted by atomic mass is 9.47. The lowest BCUT2D eigenvalue weighted by molar-refractivity contribution is -0.148. The van der Waals surface area contributed by atoms with Gasteiger partial charge in [0.05, 0.1) is 0 Å². The van der Waals surface area contributed by atoms with Crippen molar-refractivity contribution in [3.8, 4) is 0 Å². The number of rotatable bonds is 5. The average molecular weight is 427 g/mol. The van der Waals surface area contributed by atoms with E-state index in [0.717, 1.165) is 36.5 Å². The molecule has 0 aromatic carbocycles. The average Bonchev–Trinajstić information content (AvgIpc) is 3.05. The molecule has 4 aliphatic rings. The monoisotopic (exact) mass is 426 g/mol. The van der Waals surface area contributed by atoms with Crippen LogP contribution < -0.4 is 0 Å². The summed E-state index contributed by atoms with van der Waals surface area (Å²) in [4.78, 5) is 11.5. The van der Waals surface area contributed by atoms with Gasteiger partial charge < -0.3 is 4.74 Å². The smallest absolute Gasteiger partial charge is 0.302 e. The zero-order valence-corrected chi connectivity index (χ0v) is 21.1. The van der Waals surface area contributed by atoms with E-state index in [-0.39, 0.29) is 12.1 Å². The topological polar surface area (TPSA) is 26.3 Å². The second-order valence-corrected chi connectivity index (χ2v) is 12.3. The summed E-state index contributed by atoms with van der Waals surface area (Å²) < 4.78 is 5.61. The first-order valence-electron chi connectivity index (χ1n) is 13.2. The second kappa shape index (κ2) is 8.71. The first-order valence-corrected chi connectivity index (χ1v) is 13.2. The van der Waals surface area contributed by atoms with Crippen LogP contribution in [0.3, 0.4) is 0 Å². The summed E-state index contributed by atoms with van der Waals surface area (Å²) in [5, 5.41) is 0. The minimum Gasteiger partial charge on any atom is -0.462 e. The number of fused-ring (bicyclic) bond motifs is 5. The molecule has 174 valence electrons. The normalized spacial score (nSPS) is 41.2. The minimum absolute atomic E-state index is 0.108. The van der Waals surface area contributed by atoms with Crippen molar-refractivity contribution in [3.05, 3.63) is 22.8 Å². The summed E-state index contributed by atoms with van der Waals surface area (Å²) in [5.74, 6) is 3.23. The largest absolute Gasteiger partial charge is 0.462 e. The third-order valence-electron chi connectivity index (χ3n) is 10.0. The van der Waals surface area contributed by atoms with E-state index in [1.54, 1.807) is 18.1 Å². The minimum atomic E-state index is -0.120. The van der Waals surface area contributed by atoms with Gasteiger partial charge >= 0.3 is 5.97 Å². The number of hydrogen-bond acceptors (Lipinski definition) is 2. The van der Waals surface area contributed by atoms with Crippen LogP contribution in [0.4, 0.5) is 0 Å². The lowest BCUT2D eigenvalue weighted by Gasteiger charge is -2.57. The molecule has 4 rings (SSSR count). The molecule has 2 nitrogen and oxygen atoms in total. The van der Waals surface area contributed by atoms with E-state index < -0.39 is 0 Å². The van der Waals surface area contributed by atoms with Gasteiger partial charge in [0.25, 0.3) is 0 Å². The molecular weight excluding hydrogens is 380 g/mol. The van der Waals surface area contributed by atoms with Crippen molar-refractivity contribution in [2.75, 3.05) is 0 Å². The van der Waals surface area contributed by atoms with Crippen LogP contribution in [0.1, 0.15) is 112 Å². The Balaban J connectivity index is 1.52. The van der Waals surface area contributed by atoms with Crippen LogP contribution in [-0.4, -0.2) is 12.1 Å². The summed E-state index contributed by atoms with van der Waals surface area (Å²) in [6.45, 7) is 13.9. The van der Waals surface area contributed by atoms with E-state index in [0.29, 0.717) is 10.8 Å². The molecule has 0 radical (unpaired) electrons. The third-order valence-corrected chi connectivity index (χ3v) is 10.0. The summed E-state index contributed by atoms with van der Waals surface area (Å²) in [6, 6.07) is 0. The van der Waals surface area contributed by atoms with Crippen molar-refractivity contribution >= 4 is 5.97 Å². The maximum atomic E-state index is 11.5. The molecule has 0 aromatic heterocycles. The molecule has 0 aliphatic heterocycles. The molecule has 31 heavy (non-hydrogen) atoms. The molecule has 6 atom stereocenters. The number of carbonyl (C=O) groups excluding carboxylic acids is 1. The van der Waals surface area contributed by atoms with Crippen molar-refractivity contribution in [1.29, 1.82) is 0 Å². The summed E-state index contributed by atoms with van der Waals surface area (Å²) >= 11 is 0. The molecule has 0 saturated heterocycles. The highest BCUT2D eigenvalue weighted by Gasteiger charge is 2.57. The molecule has 0 aromatic rings. The SMILES string of the molecule is CC(=O)O[C@H]1CC[C@@]2(C)C(=CC[C@@H]3[C@@H]2CC[C@]2(C)/C(=C(/C)CCCC(C)C)CC[C@@H]32)C1. The number of ether oxygens (including phenoxy) is 1. The van der Waals surface area contributed by atoms with Gasteiger partial charge in [0.2, 0.25) is 0 Å². The van der Waals surface area contributed by atoms with Gasteiger partial charge in [-0.1, -0.05) is 56.9 Å². The van der Waals surface area contributed by atoms with E-state index in [2.05, 4.69) is 40.7 Å². The number of hydrogen-bond donors (Lipinski definition) is 0. The Labute approximate surface area is 191 Å². The lowest BCUT2D eigenvalue weighted by Crippen LogP contribution is -2.49. The van der Waals surface area contributed by atoms with Crippen LogP contribution >= 0.6 is 0 Å². The predicted molar refractivity (Wildman–Crippen MR) is 129 cm³/mol. The van der Waals surface area contributed by atoms with Gasteiger partial charge in [0, 0.05) is 13.3 Å². The van der Waals surface area contributed by atoms with E-state index in [1.807, 2.05) is 5.57 Å². The number of carbonyl (C=O) groups is 1. The van der Waals surface area contributed by atoms with Crippen molar-refractivity contribution in [2.24, 2.45) is 34.5 Å². The maximum Gasteiger partial charge on any atom is 0.302 e. The van der Waals surface area contributed by atoms with Crippen molar-refractivity contribution in [3.63, 3.8) is 0 Å². The maximum absolute atomic E-state index is 11.5. The van der Waals surface area contributed by atoms with E-state index in [4.69, 9.17) is 4.74 Å². The van der Waals surface area contributed by atoms with Crippen LogP contribution in [0.15, 0.2) is 22.8 Å². The molecule has 0 amide bonds. The van der Waals surface area contributed by atoms with Gasteiger partial charge in [-0.25, -0.2) is 0 Å². The van der Waals surface area contributed by atoms with Crippen LogP contribution in [0.5, 0.6) is 0 Å². The van der Waals surface area contributed by atoms with Crippen molar-refractivity contribution in [1.82, 2.24) is 0 Å². The predicted octanol–water partition coefficient (Wildman–Crippen LogP) is 8.02. The van der Waals surface area contributed by atoms with Crippen LogP contribution in [0.25, 0.3) is 0 Å². The van der Waals surface area contributed by atoms with Gasteiger partial charge in [0.15, 0.2) is 0 Å². The van der Waals surface area contributed by atoms with Gasteiger partial charge in [-0.2, -0.15) is 0 Å². The van der Waals surface area contributed by atoms with E-state index in [9.17, 15) is 4.79 Å². The zero-order valence-electron chi connectivity index (χ0n) is 21.1. The first kappa shape index (κ1) is 23.1. The Kier molecular flexibility index (Phi) is 6.50. The third kappa shape index (κ3) is 4.18. The molecule has 4 aliphatic carbocycles. The molecule has 0 unspecified atom stereocenters. The van der Waals surface area contributed by atoms with E-state index >= 15 is 0 Å². The van der Waals surface area contributed by atoms with Gasteiger partial charge in [-0.05, 0) is 99.2 Å². The highest BCUT2D eigenvalue weighted by atomic mass is 16.5. The fourth-order valence-electron chi connectivity index (χ4n) is 8.40. The number of allylic oxidation sites excluding steroid dienone is 3. The molecule has 2 heteroatoms. The summed E-state index contributed by atoms with van der Waals surface area (Å²) in [5.41, 5.74) is 5.95. The van der Waals surface area contributed by atoms with E-state index in [1.165, 1.54) is 57.8 Å². The zero-order chi connectivity index (χ0) is 22.4. The standard InChI is InChI=1S/C29H46O2/c1-19(2)8-7-9-20(3)25-12-13-26-24-11-10-22-18-23(31-21(4)30)14-16-28(22,5)27(24)15-17-29(25,26)6/h10,19,23-24,26-27H,7-9,11-18H2,1-6H3/b25-20-/t23-,24-,26-,27-,28-,29+/m0/s1. The fourth-order valence-corrected chi connectivity index (χ4v) is 8.40. The van der Waals surface area contributed by atoms with Gasteiger partial charge in [-0.15, -0.1) is 0 Å². The van der Waals surface area contributed by atoms with Crippen molar-refractivity contribution < 1.29 is 9.53 Å². The Morgan fingerprint density at radius 1 is 1.10 bits per heavy atom. The quantitative estimate of drug-likeness (QED) is 0.328. The summed E-state index contributed by atoms with van der Waals surface area (Å²) in [7, 11) is 0. The molecule has 0 bridgehead atoms. The second-order valence-electron chi connectivity index (χ2n) is 12.3. The Morgan fingerprint density at radius 2 is 1.81 bits per heavy atom. The highest BCUT2D eigenvalue weighted by Crippen LogP contribution is 2.66. The van der Waals surface area contributed by atoms with Crippen LogP contribution in [-0.2, 0) is 9.53 Å². The molecule has 3 saturated carbocycles. The summed E-state index contributed by atoms with van der Waals surface area (Å²) in [6.07, 6.45) is 16.7. The van der Waals surface area contributed by atoms with Crippen LogP contribution in [0, 0.1) is 34.5 Å². The molecular formula is C29H46O2. The highest BCUT2D eigenvalue weighted by molar-refractivity contribution is 5.66. The van der Waals surface area contributed by atoms with Crippen molar-refractivity contribution in [2.45, 2.75) is 118 Å². The Morgan fingerprint density at radius 3 is 2.52 bits per heavy atom. The van der Waals surface area contributed by atoms with Gasteiger partial charge in [0.1, 0.15) is 6.10 Å².